The quantitative estimate of drug-likeness (QED) is 0.126. The van der Waals surface area contributed by atoms with Crippen LogP contribution in [-0.4, -0.2) is 78.0 Å². The van der Waals surface area contributed by atoms with E-state index in [0.29, 0.717) is 44.6 Å². The number of nitrogens with one attached hydrogen (secondary N) is 4. The summed E-state index contributed by atoms with van der Waals surface area (Å²) < 4.78 is 10.4. The lowest BCUT2D eigenvalue weighted by Gasteiger charge is -2.35. The minimum absolute atomic E-state index is 0.00764. The fraction of sp³-hybridized carbons (Fsp3) is 0.821. The van der Waals surface area contributed by atoms with E-state index in [9.17, 15) is 19.2 Å². The maximum Gasteiger partial charge on any atom is 0.413 e. The fourth-order valence-electron chi connectivity index (χ4n) is 5.32. The van der Waals surface area contributed by atoms with Gasteiger partial charge in [0.05, 0.1) is 19.6 Å². The van der Waals surface area contributed by atoms with Crippen LogP contribution in [0.25, 0.3) is 0 Å². The Hall–Kier alpha value is -2.27. The van der Waals surface area contributed by atoms with Gasteiger partial charge in [-0.3, -0.25) is 24.7 Å². The Labute approximate surface area is 253 Å². The molecule has 3 amide bonds. The predicted molar refractivity (Wildman–Crippen MR) is 159 cm³/mol. The van der Waals surface area contributed by atoms with Crippen LogP contribution in [0.2, 0.25) is 0 Å². The Balaban J connectivity index is 1.93. The van der Waals surface area contributed by atoms with Gasteiger partial charge in [-0.05, 0) is 79.1 Å². The summed E-state index contributed by atoms with van der Waals surface area (Å²) in [5.74, 6) is -1.11. The van der Waals surface area contributed by atoms with Gasteiger partial charge in [-0.1, -0.05) is 6.42 Å². The lowest BCUT2D eigenvalue weighted by molar-refractivity contribution is -0.156. The van der Waals surface area contributed by atoms with Crippen molar-refractivity contribution in [3.05, 3.63) is 0 Å². The second-order valence-electron chi connectivity index (χ2n) is 11.7. The average molecular weight is 621 g/mol. The number of nitrogens with zero attached hydrogens (tertiary/aromatic N) is 1. The third-order valence-electron chi connectivity index (χ3n) is 6.97. The van der Waals surface area contributed by atoms with Crippen LogP contribution < -0.4 is 21.3 Å². The molecule has 4 N–H and O–H groups in total. The first kappa shape index (κ1) is 34.9. The van der Waals surface area contributed by atoms with E-state index in [-0.39, 0.29) is 54.1 Å². The minimum Gasteiger partial charge on any atom is -0.460 e. The molecule has 2 aliphatic rings. The van der Waals surface area contributed by atoms with Crippen molar-refractivity contribution >= 4 is 53.0 Å². The van der Waals surface area contributed by atoms with E-state index in [4.69, 9.17) is 32.7 Å². The molecule has 0 heterocycles. The van der Waals surface area contributed by atoms with E-state index >= 15 is 0 Å². The van der Waals surface area contributed by atoms with Gasteiger partial charge in [0.15, 0.2) is 0 Å². The lowest BCUT2D eigenvalue weighted by atomic mass is 9.82. The SMILES string of the molecule is CCN=C(NC(=O)OCC)NC1CCCC(C(=O)NCC(=O)NC(CC(=O)OC(C)(C)C)C2CC(Cl)CC(Cl)C2)C1. The second-order valence-corrected chi connectivity index (χ2v) is 13.0. The molecule has 0 saturated heterocycles. The highest BCUT2D eigenvalue weighted by atomic mass is 35.5. The molecular weight excluding hydrogens is 573 g/mol. The Morgan fingerprint density at radius 3 is 2.29 bits per heavy atom. The molecule has 5 atom stereocenters. The monoisotopic (exact) mass is 619 g/mol. The summed E-state index contributed by atoms with van der Waals surface area (Å²) in [4.78, 5) is 54.6. The molecule has 13 heteroatoms. The average Bonchev–Trinajstić information content (AvgIpc) is 2.85. The number of ether oxygens (including phenoxy) is 2. The van der Waals surface area contributed by atoms with Gasteiger partial charge in [0.25, 0.3) is 0 Å². The number of alkyl halides is 2. The number of amides is 3. The molecule has 0 aromatic rings. The second kappa shape index (κ2) is 17.0. The molecule has 11 nitrogen and oxygen atoms in total. The summed E-state index contributed by atoms with van der Waals surface area (Å²) in [6.07, 6.45) is 4.15. The molecular formula is C28H47Cl2N5O6. The van der Waals surface area contributed by atoms with Gasteiger partial charge in [-0.25, -0.2) is 4.79 Å². The highest BCUT2D eigenvalue weighted by molar-refractivity contribution is 6.23. The number of hydrogen-bond acceptors (Lipinski definition) is 7. The molecule has 234 valence electrons. The summed E-state index contributed by atoms with van der Waals surface area (Å²) in [5.41, 5.74) is -0.652. The highest BCUT2D eigenvalue weighted by Crippen LogP contribution is 2.34. The number of carbonyl (C=O) groups excluding carboxylic acids is 4. The van der Waals surface area contributed by atoms with Gasteiger partial charge in [-0.2, -0.15) is 0 Å². The highest BCUT2D eigenvalue weighted by Gasteiger charge is 2.35. The zero-order chi connectivity index (χ0) is 30.6. The van der Waals surface area contributed by atoms with Gasteiger partial charge in [0, 0.05) is 35.3 Å². The molecule has 5 unspecified atom stereocenters. The van der Waals surface area contributed by atoms with E-state index < -0.39 is 29.6 Å². The number of alkyl carbamates (subject to hydrolysis) is 1. The first-order chi connectivity index (χ1) is 19.3. The molecule has 0 aromatic heterocycles. The van der Waals surface area contributed by atoms with Crippen molar-refractivity contribution in [1.29, 1.82) is 0 Å². The van der Waals surface area contributed by atoms with E-state index in [1.165, 1.54) is 0 Å². The zero-order valence-electron chi connectivity index (χ0n) is 24.9. The lowest BCUT2D eigenvalue weighted by Crippen LogP contribution is -2.50. The number of hydrogen-bond donors (Lipinski definition) is 4. The number of carbonyl (C=O) groups is 4. The topological polar surface area (TPSA) is 147 Å². The minimum atomic E-state index is -0.652. The van der Waals surface area contributed by atoms with Gasteiger partial charge in [0.1, 0.15) is 5.60 Å². The van der Waals surface area contributed by atoms with Crippen LogP contribution in [0.4, 0.5) is 4.79 Å². The Bertz CT molecular complexity index is 918. The molecule has 2 aliphatic carbocycles. The maximum absolute atomic E-state index is 13.0. The number of rotatable bonds is 10. The molecule has 41 heavy (non-hydrogen) atoms. The van der Waals surface area contributed by atoms with Gasteiger partial charge >= 0.3 is 12.1 Å². The van der Waals surface area contributed by atoms with Gasteiger partial charge < -0.3 is 25.4 Å². The van der Waals surface area contributed by atoms with Crippen molar-refractivity contribution < 1.29 is 28.7 Å². The normalized spacial score (nSPS) is 25.8. The van der Waals surface area contributed by atoms with Crippen molar-refractivity contribution in [3.8, 4) is 0 Å². The molecule has 0 aromatic carbocycles. The molecule has 0 radical (unpaired) electrons. The predicted octanol–water partition coefficient (Wildman–Crippen LogP) is 3.60. The van der Waals surface area contributed by atoms with Crippen molar-refractivity contribution in [1.82, 2.24) is 21.3 Å². The molecule has 2 rings (SSSR count). The third-order valence-corrected chi connectivity index (χ3v) is 7.68. The molecule has 2 fully saturated rings. The Morgan fingerprint density at radius 2 is 1.68 bits per heavy atom. The van der Waals surface area contributed by atoms with E-state index in [1.54, 1.807) is 27.7 Å². The molecule has 2 saturated carbocycles. The first-order valence-electron chi connectivity index (χ1n) is 14.6. The molecule has 0 aliphatic heterocycles. The van der Waals surface area contributed by atoms with Gasteiger partial charge in [-0.15, -0.1) is 23.2 Å². The molecule has 0 spiro atoms. The van der Waals surface area contributed by atoms with Crippen molar-refractivity contribution in [3.63, 3.8) is 0 Å². The number of aliphatic imine (C=N–C) groups is 1. The van der Waals surface area contributed by atoms with Crippen LogP contribution in [-0.2, 0) is 23.9 Å². The van der Waals surface area contributed by atoms with Crippen LogP contribution in [0.1, 0.15) is 86.0 Å². The van der Waals surface area contributed by atoms with E-state index in [1.807, 2.05) is 6.92 Å². The summed E-state index contributed by atoms with van der Waals surface area (Å²) in [7, 11) is 0. The Morgan fingerprint density at radius 1 is 1.00 bits per heavy atom. The Kier molecular flexibility index (Phi) is 14.5. The summed E-state index contributed by atoms with van der Waals surface area (Å²) >= 11 is 12.8. The standard InChI is InChI=1S/C28H47Cl2N5O6/c1-6-31-26(35-27(39)40-7-2)33-21-10-8-9-17(13-21)25(38)32-16-23(36)34-22(15-24(37)41-28(3,4)5)18-11-19(29)14-20(30)12-18/h17-22H,6-16H2,1-5H3,(H,32,38)(H,34,36)(H2,31,33,35,39). The van der Waals surface area contributed by atoms with Crippen LogP contribution in [0.5, 0.6) is 0 Å². The first-order valence-corrected chi connectivity index (χ1v) is 15.5. The van der Waals surface area contributed by atoms with Crippen LogP contribution in [0, 0.1) is 11.8 Å². The summed E-state index contributed by atoms with van der Waals surface area (Å²) in [6.45, 7) is 9.43. The van der Waals surface area contributed by atoms with Gasteiger partial charge in [0.2, 0.25) is 17.8 Å². The van der Waals surface area contributed by atoms with Crippen molar-refractivity contribution in [2.45, 2.75) is 114 Å². The van der Waals surface area contributed by atoms with Crippen LogP contribution >= 0.6 is 23.2 Å². The molecule has 0 bridgehead atoms. The third kappa shape index (κ3) is 13.5. The largest absolute Gasteiger partial charge is 0.460 e. The van der Waals surface area contributed by atoms with Crippen molar-refractivity contribution in [2.75, 3.05) is 19.7 Å². The zero-order valence-corrected chi connectivity index (χ0v) is 26.4. The van der Waals surface area contributed by atoms with Crippen LogP contribution in [0.15, 0.2) is 4.99 Å². The number of halogens is 2. The smallest absolute Gasteiger partial charge is 0.413 e. The van der Waals surface area contributed by atoms with Crippen molar-refractivity contribution in [2.24, 2.45) is 16.8 Å². The van der Waals surface area contributed by atoms with Crippen LogP contribution in [0.3, 0.4) is 0 Å². The number of guanidine groups is 1. The summed E-state index contributed by atoms with van der Waals surface area (Å²) in [5, 5.41) is 11.2. The summed E-state index contributed by atoms with van der Waals surface area (Å²) in [6, 6.07) is -0.583. The van der Waals surface area contributed by atoms with E-state index in [0.717, 1.165) is 12.8 Å². The number of esters is 1. The van der Waals surface area contributed by atoms with E-state index in [2.05, 4.69) is 26.3 Å². The maximum atomic E-state index is 13.0. The fourth-order valence-corrected chi connectivity index (χ4v) is 6.29.